The fraction of sp³-hybridized carbons (Fsp3) is 0.462. The van der Waals surface area contributed by atoms with Crippen molar-refractivity contribution in [2.45, 2.75) is 18.1 Å². The molecule has 0 N–H and O–H groups in total. The SMILES string of the molecule is O=C(CS(=O)C1CCOCC1)c1ccccc1. The zero-order valence-electron chi connectivity index (χ0n) is 9.63. The summed E-state index contributed by atoms with van der Waals surface area (Å²) in [5.41, 5.74) is 0.646. The molecule has 0 saturated carbocycles. The van der Waals surface area contributed by atoms with Gasteiger partial charge in [0.25, 0.3) is 0 Å². The van der Waals surface area contributed by atoms with Gasteiger partial charge in [-0.3, -0.25) is 9.00 Å². The van der Waals surface area contributed by atoms with Crippen LogP contribution in [0.1, 0.15) is 23.2 Å². The maximum Gasteiger partial charge on any atom is 0.175 e. The number of rotatable bonds is 4. The molecule has 1 aliphatic heterocycles. The second-order valence-electron chi connectivity index (χ2n) is 4.13. The zero-order chi connectivity index (χ0) is 12.1. The van der Waals surface area contributed by atoms with Crippen LogP contribution < -0.4 is 0 Å². The van der Waals surface area contributed by atoms with Gasteiger partial charge in [-0.05, 0) is 12.8 Å². The van der Waals surface area contributed by atoms with Gasteiger partial charge in [0.2, 0.25) is 0 Å². The highest BCUT2D eigenvalue weighted by atomic mass is 32.2. The van der Waals surface area contributed by atoms with Gasteiger partial charge in [0, 0.05) is 34.8 Å². The number of Topliss-reactive ketones (excluding diaryl/α,β-unsaturated/α-hetero) is 1. The Morgan fingerprint density at radius 3 is 2.53 bits per heavy atom. The van der Waals surface area contributed by atoms with Crippen molar-refractivity contribution in [2.24, 2.45) is 0 Å². The maximum atomic E-state index is 12.0. The molecule has 0 aromatic heterocycles. The third-order valence-corrected chi connectivity index (χ3v) is 4.67. The molecule has 0 spiro atoms. The first-order chi connectivity index (χ1) is 8.27. The number of ether oxygens (including phenoxy) is 1. The predicted molar refractivity (Wildman–Crippen MR) is 67.6 cm³/mol. The molecule has 0 aliphatic carbocycles. The summed E-state index contributed by atoms with van der Waals surface area (Å²) in [6, 6.07) is 9.05. The Balaban J connectivity index is 1.92. The van der Waals surface area contributed by atoms with Crippen LogP contribution in [-0.2, 0) is 15.5 Å². The highest BCUT2D eigenvalue weighted by Crippen LogP contribution is 2.14. The topological polar surface area (TPSA) is 43.4 Å². The molecule has 1 fully saturated rings. The second-order valence-corrected chi connectivity index (χ2v) is 5.84. The van der Waals surface area contributed by atoms with Gasteiger partial charge in [-0.25, -0.2) is 0 Å². The molecule has 1 saturated heterocycles. The molecular formula is C13H16O3S. The molecule has 1 aliphatic rings. The molecule has 1 heterocycles. The quantitative estimate of drug-likeness (QED) is 0.767. The number of hydrogen-bond acceptors (Lipinski definition) is 3. The molecule has 1 unspecified atom stereocenters. The number of benzene rings is 1. The lowest BCUT2D eigenvalue weighted by Crippen LogP contribution is -2.28. The summed E-state index contributed by atoms with van der Waals surface area (Å²) in [5.74, 6) is 0.102. The van der Waals surface area contributed by atoms with E-state index in [-0.39, 0.29) is 16.8 Å². The van der Waals surface area contributed by atoms with E-state index in [1.54, 1.807) is 12.1 Å². The Labute approximate surface area is 104 Å². The fourth-order valence-electron chi connectivity index (χ4n) is 1.89. The smallest absolute Gasteiger partial charge is 0.175 e. The van der Waals surface area contributed by atoms with Crippen LogP contribution in [0.3, 0.4) is 0 Å². The Kier molecular flexibility index (Phi) is 4.45. The minimum Gasteiger partial charge on any atom is -0.381 e. The number of carbonyl (C=O) groups excluding carboxylic acids is 1. The van der Waals surface area contributed by atoms with Crippen LogP contribution in [-0.4, -0.2) is 34.2 Å². The second kappa shape index (κ2) is 6.07. The predicted octanol–water partition coefficient (Wildman–Crippen LogP) is 1.80. The van der Waals surface area contributed by atoms with Gasteiger partial charge < -0.3 is 4.74 Å². The van der Waals surface area contributed by atoms with Crippen molar-refractivity contribution in [1.82, 2.24) is 0 Å². The maximum absolute atomic E-state index is 12.0. The van der Waals surface area contributed by atoms with Crippen molar-refractivity contribution in [3.8, 4) is 0 Å². The molecule has 17 heavy (non-hydrogen) atoms. The molecule has 2 rings (SSSR count). The van der Waals surface area contributed by atoms with Gasteiger partial charge in [0.15, 0.2) is 5.78 Å². The Bertz CT molecular complexity index is 396. The van der Waals surface area contributed by atoms with Crippen LogP contribution in [0.25, 0.3) is 0 Å². The van der Waals surface area contributed by atoms with E-state index < -0.39 is 10.8 Å². The van der Waals surface area contributed by atoms with Crippen LogP contribution in [0.4, 0.5) is 0 Å². The molecule has 0 bridgehead atoms. The van der Waals surface area contributed by atoms with Gasteiger partial charge in [-0.15, -0.1) is 0 Å². The Morgan fingerprint density at radius 2 is 1.88 bits per heavy atom. The first-order valence-corrected chi connectivity index (χ1v) is 7.19. The van der Waals surface area contributed by atoms with Crippen molar-refractivity contribution in [3.63, 3.8) is 0 Å². The Hall–Kier alpha value is -1.00. The van der Waals surface area contributed by atoms with E-state index >= 15 is 0 Å². The third kappa shape index (κ3) is 3.48. The largest absolute Gasteiger partial charge is 0.381 e. The highest BCUT2D eigenvalue weighted by molar-refractivity contribution is 7.86. The minimum absolute atomic E-state index is 0.0320. The zero-order valence-corrected chi connectivity index (χ0v) is 10.4. The van der Waals surface area contributed by atoms with E-state index in [1.807, 2.05) is 18.2 Å². The lowest BCUT2D eigenvalue weighted by atomic mass is 10.2. The van der Waals surface area contributed by atoms with Gasteiger partial charge in [-0.2, -0.15) is 0 Å². The van der Waals surface area contributed by atoms with E-state index in [0.717, 1.165) is 12.8 Å². The molecule has 1 aromatic rings. The summed E-state index contributed by atoms with van der Waals surface area (Å²) >= 11 is 0. The molecule has 4 heteroatoms. The van der Waals surface area contributed by atoms with Crippen molar-refractivity contribution < 1.29 is 13.7 Å². The minimum atomic E-state index is -1.07. The van der Waals surface area contributed by atoms with Crippen molar-refractivity contribution in [3.05, 3.63) is 35.9 Å². The lowest BCUT2D eigenvalue weighted by Gasteiger charge is -2.20. The summed E-state index contributed by atoms with van der Waals surface area (Å²) in [6.45, 7) is 1.33. The van der Waals surface area contributed by atoms with Gasteiger partial charge in [0.1, 0.15) is 0 Å². The summed E-state index contributed by atoms with van der Waals surface area (Å²) in [4.78, 5) is 11.9. The van der Waals surface area contributed by atoms with Crippen molar-refractivity contribution in [2.75, 3.05) is 19.0 Å². The van der Waals surface area contributed by atoms with Crippen LogP contribution in [0.15, 0.2) is 30.3 Å². The van der Waals surface area contributed by atoms with Gasteiger partial charge >= 0.3 is 0 Å². The monoisotopic (exact) mass is 252 g/mol. The van der Waals surface area contributed by atoms with Crippen molar-refractivity contribution in [1.29, 1.82) is 0 Å². The van der Waals surface area contributed by atoms with Crippen LogP contribution >= 0.6 is 0 Å². The average Bonchev–Trinajstić information content (AvgIpc) is 2.40. The standard InChI is InChI=1S/C13H16O3S/c14-13(11-4-2-1-3-5-11)10-17(15)12-6-8-16-9-7-12/h1-5,12H,6-10H2. The fourth-order valence-corrected chi connectivity index (χ4v) is 3.27. The molecule has 1 atom stereocenters. The van der Waals surface area contributed by atoms with Crippen LogP contribution in [0.5, 0.6) is 0 Å². The average molecular weight is 252 g/mol. The van der Waals surface area contributed by atoms with E-state index in [1.165, 1.54) is 0 Å². The van der Waals surface area contributed by atoms with E-state index in [2.05, 4.69) is 0 Å². The van der Waals surface area contributed by atoms with Crippen LogP contribution in [0, 0.1) is 0 Å². The van der Waals surface area contributed by atoms with Crippen molar-refractivity contribution >= 4 is 16.6 Å². The number of hydrogen-bond donors (Lipinski definition) is 0. The summed E-state index contributed by atoms with van der Waals surface area (Å²) in [6.07, 6.45) is 1.60. The van der Waals surface area contributed by atoms with Gasteiger partial charge in [0.05, 0.1) is 5.75 Å². The van der Waals surface area contributed by atoms with Crippen LogP contribution in [0.2, 0.25) is 0 Å². The molecule has 92 valence electrons. The molecule has 0 radical (unpaired) electrons. The summed E-state index contributed by atoms with van der Waals surface area (Å²) < 4.78 is 17.2. The van der Waals surface area contributed by atoms with E-state index in [9.17, 15) is 9.00 Å². The highest BCUT2D eigenvalue weighted by Gasteiger charge is 2.22. The first kappa shape index (κ1) is 12.5. The number of ketones is 1. The summed E-state index contributed by atoms with van der Waals surface area (Å²) in [5, 5.41) is 0.122. The third-order valence-electron chi connectivity index (χ3n) is 2.91. The summed E-state index contributed by atoms with van der Waals surface area (Å²) in [7, 11) is -1.07. The normalized spacial score (nSPS) is 18.8. The molecule has 1 aromatic carbocycles. The van der Waals surface area contributed by atoms with E-state index in [4.69, 9.17) is 4.74 Å². The van der Waals surface area contributed by atoms with Gasteiger partial charge in [-0.1, -0.05) is 30.3 Å². The molecule has 0 amide bonds. The first-order valence-electron chi connectivity index (χ1n) is 5.80. The molecule has 3 nitrogen and oxygen atoms in total. The Morgan fingerprint density at radius 1 is 1.24 bits per heavy atom. The molecular weight excluding hydrogens is 236 g/mol. The lowest BCUT2D eigenvalue weighted by molar-refractivity contribution is 0.0980. The van der Waals surface area contributed by atoms with E-state index in [0.29, 0.717) is 18.8 Å². The number of carbonyl (C=O) groups is 1.